The van der Waals surface area contributed by atoms with Crippen LogP contribution in [0.25, 0.3) is 0 Å². The molecule has 0 atom stereocenters. The lowest BCUT2D eigenvalue weighted by Gasteiger charge is -2.11. The molecule has 1 N–H and O–H groups in total. The van der Waals surface area contributed by atoms with Gasteiger partial charge in [-0.3, -0.25) is 4.79 Å². The lowest BCUT2D eigenvalue weighted by Crippen LogP contribution is -2.19. The summed E-state index contributed by atoms with van der Waals surface area (Å²) in [5, 5.41) is 9.12. The summed E-state index contributed by atoms with van der Waals surface area (Å²) in [5.41, 5.74) is 0.492. The zero-order chi connectivity index (χ0) is 10.2. The molecule has 4 heteroatoms. The summed E-state index contributed by atoms with van der Waals surface area (Å²) in [6.07, 6.45) is 1.67. The van der Waals surface area contributed by atoms with Crippen molar-refractivity contribution in [2.24, 2.45) is 0 Å². The Kier molecular flexibility index (Phi) is 2.38. The zero-order valence-corrected chi connectivity index (χ0v) is 9.52. The number of phenols is 1. The number of halogens is 1. The van der Waals surface area contributed by atoms with Crippen LogP contribution >= 0.6 is 23.0 Å². The predicted molar refractivity (Wildman–Crippen MR) is 59.1 cm³/mol. The Labute approximate surface area is 95.8 Å². The second-order valence-electron chi connectivity index (χ2n) is 3.49. The molecule has 0 bridgehead atoms. The van der Waals surface area contributed by atoms with E-state index in [-0.39, 0.29) is 11.7 Å². The molecule has 0 amide bonds. The third kappa shape index (κ3) is 1.47. The van der Waals surface area contributed by atoms with Crippen molar-refractivity contribution in [3.05, 3.63) is 29.8 Å². The molecule has 14 heavy (non-hydrogen) atoms. The van der Waals surface area contributed by atoms with Crippen molar-refractivity contribution in [1.82, 2.24) is 0 Å². The summed E-state index contributed by atoms with van der Waals surface area (Å²) in [7, 11) is 0. The topological polar surface area (TPSA) is 46.5 Å². The van der Waals surface area contributed by atoms with Crippen molar-refractivity contribution in [1.29, 1.82) is 0 Å². The van der Waals surface area contributed by atoms with Crippen LogP contribution in [0.3, 0.4) is 0 Å². The normalized spacial score (nSPS) is 17.5. The Morgan fingerprint density at radius 2 is 1.93 bits per heavy atom. The summed E-state index contributed by atoms with van der Waals surface area (Å²) < 4.78 is 4.73. The highest BCUT2D eigenvalue weighted by molar-refractivity contribution is 14.1. The van der Waals surface area contributed by atoms with Crippen LogP contribution in [0, 0.1) is 0 Å². The second kappa shape index (κ2) is 3.42. The second-order valence-corrected chi connectivity index (χ2v) is 3.93. The van der Waals surface area contributed by atoms with E-state index in [2.05, 4.69) is 0 Å². The standard InChI is InChI=1S/C10H9IO3/c11-14-9(13)10(5-6-10)7-1-3-8(12)4-2-7/h1-4,12H,5-6H2. The minimum Gasteiger partial charge on any atom is -0.508 e. The van der Waals surface area contributed by atoms with Crippen LogP contribution in [-0.4, -0.2) is 11.1 Å². The Morgan fingerprint density at radius 3 is 2.36 bits per heavy atom. The quantitative estimate of drug-likeness (QED) is 0.853. The van der Waals surface area contributed by atoms with Gasteiger partial charge in [0.25, 0.3) is 0 Å². The molecular weight excluding hydrogens is 295 g/mol. The molecule has 74 valence electrons. The van der Waals surface area contributed by atoms with Crippen molar-refractivity contribution in [3.8, 4) is 5.75 Å². The monoisotopic (exact) mass is 304 g/mol. The van der Waals surface area contributed by atoms with Crippen molar-refractivity contribution in [2.75, 3.05) is 0 Å². The molecular formula is C10H9IO3. The number of hydrogen-bond donors (Lipinski definition) is 1. The van der Waals surface area contributed by atoms with E-state index in [0.717, 1.165) is 18.4 Å². The Balaban J connectivity index is 2.31. The van der Waals surface area contributed by atoms with Gasteiger partial charge in [0.15, 0.2) is 23.0 Å². The van der Waals surface area contributed by atoms with Gasteiger partial charge in [-0.05, 0) is 30.5 Å². The van der Waals surface area contributed by atoms with E-state index in [4.69, 9.17) is 8.17 Å². The molecule has 0 saturated heterocycles. The van der Waals surface area contributed by atoms with Gasteiger partial charge in [0.05, 0.1) is 5.41 Å². The van der Waals surface area contributed by atoms with E-state index < -0.39 is 5.41 Å². The minimum atomic E-state index is -0.436. The summed E-state index contributed by atoms with van der Waals surface area (Å²) in [5.74, 6) is 0.0242. The average Bonchev–Trinajstić information content (AvgIpc) is 2.99. The number of phenolic OH excluding ortho intramolecular Hbond substituents is 1. The van der Waals surface area contributed by atoms with Crippen LogP contribution in [0.4, 0.5) is 0 Å². The first-order chi connectivity index (χ1) is 6.69. The summed E-state index contributed by atoms with van der Waals surface area (Å²) in [6, 6.07) is 6.73. The predicted octanol–water partition coefficient (Wildman–Crippen LogP) is 2.32. The lowest BCUT2D eigenvalue weighted by molar-refractivity contribution is -0.134. The summed E-state index contributed by atoms with van der Waals surface area (Å²) in [6.45, 7) is 0. The van der Waals surface area contributed by atoms with Gasteiger partial charge in [0.2, 0.25) is 0 Å². The average molecular weight is 304 g/mol. The smallest absolute Gasteiger partial charge is 0.325 e. The molecule has 0 heterocycles. The van der Waals surface area contributed by atoms with Crippen LogP contribution in [0.5, 0.6) is 5.75 Å². The summed E-state index contributed by atoms with van der Waals surface area (Å²) >= 11 is 1.61. The fraction of sp³-hybridized carbons (Fsp3) is 0.300. The van der Waals surface area contributed by atoms with Gasteiger partial charge in [0, 0.05) is 0 Å². The van der Waals surface area contributed by atoms with Crippen molar-refractivity contribution < 1.29 is 13.0 Å². The molecule has 2 rings (SSSR count). The minimum absolute atomic E-state index is 0.191. The maximum absolute atomic E-state index is 11.5. The first-order valence-corrected chi connectivity index (χ1v) is 5.20. The molecule has 0 spiro atoms. The molecule has 1 aliphatic carbocycles. The van der Waals surface area contributed by atoms with Crippen LogP contribution in [0.1, 0.15) is 18.4 Å². The van der Waals surface area contributed by atoms with E-state index in [9.17, 15) is 4.79 Å². The maximum Gasteiger partial charge on any atom is 0.325 e. The number of carbonyl (C=O) groups is 1. The van der Waals surface area contributed by atoms with Crippen molar-refractivity contribution in [3.63, 3.8) is 0 Å². The third-order valence-electron chi connectivity index (χ3n) is 2.63. The fourth-order valence-electron chi connectivity index (χ4n) is 1.59. The van der Waals surface area contributed by atoms with Crippen LogP contribution in [-0.2, 0) is 13.3 Å². The molecule has 1 saturated carbocycles. The molecule has 3 nitrogen and oxygen atoms in total. The molecule has 0 aromatic heterocycles. The van der Waals surface area contributed by atoms with Gasteiger partial charge in [-0.2, -0.15) is 0 Å². The molecule has 1 aromatic carbocycles. The number of benzene rings is 1. The van der Waals surface area contributed by atoms with Crippen LogP contribution in [0.2, 0.25) is 0 Å². The first-order valence-electron chi connectivity index (χ1n) is 4.31. The maximum atomic E-state index is 11.5. The molecule has 1 aliphatic rings. The molecule has 1 fully saturated rings. The SMILES string of the molecule is O=C(OI)C1(c2ccc(O)cc2)CC1. The Hall–Kier alpha value is -0.780. The molecule has 0 aliphatic heterocycles. The number of hydrogen-bond acceptors (Lipinski definition) is 3. The first kappa shape index (κ1) is 9.76. The third-order valence-corrected chi connectivity index (χ3v) is 3.03. The van der Waals surface area contributed by atoms with Gasteiger partial charge in [0.1, 0.15) is 5.75 Å². The lowest BCUT2D eigenvalue weighted by atomic mass is 9.96. The molecule has 0 unspecified atom stereocenters. The number of aromatic hydroxyl groups is 1. The van der Waals surface area contributed by atoms with Crippen LogP contribution < -0.4 is 0 Å². The summed E-state index contributed by atoms with van der Waals surface area (Å²) in [4.78, 5) is 11.5. The van der Waals surface area contributed by atoms with Gasteiger partial charge < -0.3 is 8.17 Å². The van der Waals surface area contributed by atoms with Gasteiger partial charge in [-0.1, -0.05) is 12.1 Å². The largest absolute Gasteiger partial charge is 0.508 e. The number of carbonyl (C=O) groups excluding carboxylic acids is 1. The molecule has 0 radical (unpaired) electrons. The highest BCUT2D eigenvalue weighted by Gasteiger charge is 2.52. The zero-order valence-electron chi connectivity index (χ0n) is 7.37. The van der Waals surface area contributed by atoms with Crippen molar-refractivity contribution in [2.45, 2.75) is 18.3 Å². The fourth-order valence-corrected chi connectivity index (χ4v) is 2.01. The van der Waals surface area contributed by atoms with Gasteiger partial charge in [-0.15, -0.1) is 0 Å². The highest BCUT2D eigenvalue weighted by atomic mass is 127. The number of rotatable bonds is 2. The highest BCUT2D eigenvalue weighted by Crippen LogP contribution is 2.49. The van der Waals surface area contributed by atoms with E-state index in [1.165, 1.54) is 0 Å². The van der Waals surface area contributed by atoms with E-state index in [1.54, 1.807) is 47.3 Å². The van der Waals surface area contributed by atoms with Gasteiger partial charge >= 0.3 is 5.97 Å². The molecule has 1 aromatic rings. The van der Waals surface area contributed by atoms with E-state index in [0.29, 0.717) is 0 Å². The Morgan fingerprint density at radius 1 is 1.36 bits per heavy atom. The van der Waals surface area contributed by atoms with E-state index in [1.807, 2.05) is 0 Å². The van der Waals surface area contributed by atoms with E-state index >= 15 is 0 Å². The Bertz CT molecular complexity index is 354. The van der Waals surface area contributed by atoms with Crippen LogP contribution in [0.15, 0.2) is 24.3 Å². The van der Waals surface area contributed by atoms with Crippen molar-refractivity contribution >= 4 is 29.0 Å². The van der Waals surface area contributed by atoms with Gasteiger partial charge in [-0.25, -0.2) is 0 Å².